The second-order valence-electron chi connectivity index (χ2n) is 4.64. The van der Waals surface area contributed by atoms with E-state index in [0.29, 0.717) is 24.4 Å². The highest BCUT2D eigenvalue weighted by molar-refractivity contribution is 4.86. The van der Waals surface area contributed by atoms with Crippen molar-refractivity contribution in [2.75, 3.05) is 6.54 Å². The van der Waals surface area contributed by atoms with Crippen LogP contribution >= 0.6 is 0 Å². The third-order valence-corrected chi connectivity index (χ3v) is 3.41. The van der Waals surface area contributed by atoms with Gasteiger partial charge in [0, 0.05) is 12.6 Å². The maximum Gasteiger partial charge on any atom is 0.0965 e. The maximum absolute atomic E-state index is 5.94. The molecule has 0 aliphatic carbocycles. The fourth-order valence-electron chi connectivity index (χ4n) is 2.24. The first-order valence-electron chi connectivity index (χ1n) is 5.71. The van der Waals surface area contributed by atoms with Gasteiger partial charge in [0.15, 0.2) is 0 Å². The van der Waals surface area contributed by atoms with E-state index in [4.69, 9.17) is 9.47 Å². The van der Waals surface area contributed by atoms with E-state index in [1.165, 1.54) is 6.42 Å². The van der Waals surface area contributed by atoms with Gasteiger partial charge >= 0.3 is 0 Å². The molecule has 3 heteroatoms. The first kappa shape index (κ1) is 10.4. The summed E-state index contributed by atoms with van der Waals surface area (Å²) in [6.45, 7) is 7.37. The molecule has 3 nitrogen and oxygen atoms in total. The maximum atomic E-state index is 5.94. The van der Waals surface area contributed by atoms with Gasteiger partial charge in [-0.25, -0.2) is 0 Å². The van der Waals surface area contributed by atoms with Gasteiger partial charge in [0.25, 0.3) is 0 Å². The summed E-state index contributed by atoms with van der Waals surface area (Å²) in [6, 6.07) is 0.463. The highest BCUT2D eigenvalue weighted by Crippen LogP contribution is 2.25. The van der Waals surface area contributed by atoms with E-state index >= 15 is 0 Å². The third kappa shape index (κ3) is 2.10. The van der Waals surface area contributed by atoms with Crippen LogP contribution in [0.15, 0.2) is 0 Å². The summed E-state index contributed by atoms with van der Waals surface area (Å²) < 4.78 is 11.8. The lowest BCUT2D eigenvalue weighted by Crippen LogP contribution is -2.53. The Morgan fingerprint density at radius 2 is 1.79 bits per heavy atom. The summed E-state index contributed by atoms with van der Waals surface area (Å²) >= 11 is 0. The number of rotatable bonds is 1. The average molecular weight is 199 g/mol. The van der Waals surface area contributed by atoms with Crippen LogP contribution in [0.25, 0.3) is 0 Å². The van der Waals surface area contributed by atoms with Gasteiger partial charge in [-0.2, -0.15) is 0 Å². The first-order valence-corrected chi connectivity index (χ1v) is 5.71. The minimum atomic E-state index is 0.256. The normalized spacial score (nSPS) is 49.5. The Kier molecular flexibility index (Phi) is 3.10. The minimum Gasteiger partial charge on any atom is -0.373 e. The molecule has 2 rings (SSSR count). The molecule has 2 heterocycles. The van der Waals surface area contributed by atoms with Crippen molar-refractivity contribution in [2.45, 2.75) is 64.1 Å². The smallest absolute Gasteiger partial charge is 0.0965 e. The van der Waals surface area contributed by atoms with E-state index in [2.05, 4.69) is 26.1 Å². The summed E-state index contributed by atoms with van der Waals surface area (Å²) in [6.07, 6.45) is 3.61. The fraction of sp³-hybridized carbons (Fsp3) is 1.00. The van der Waals surface area contributed by atoms with Crippen molar-refractivity contribution in [3.63, 3.8) is 0 Å². The Morgan fingerprint density at radius 3 is 2.36 bits per heavy atom. The van der Waals surface area contributed by atoms with E-state index in [1.54, 1.807) is 0 Å². The van der Waals surface area contributed by atoms with Crippen LogP contribution in [0.4, 0.5) is 0 Å². The highest BCUT2D eigenvalue weighted by atomic mass is 16.6. The Hall–Kier alpha value is -0.120. The molecular weight excluding hydrogens is 178 g/mol. The van der Waals surface area contributed by atoms with Crippen LogP contribution in [0, 0.1) is 0 Å². The Balaban J connectivity index is 1.87. The summed E-state index contributed by atoms with van der Waals surface area (Å²) in [4.78, 5) is 0. The average Bonchev–Trinajstić information content (AvgIpc) is 2.57. The second-order valence-corrected chi connectivity index (χ2v) is 4.64. The Morgan fingerprint density at radius 1 is 1.00 bits per heavy atom. The zero-order valence-corrected chi connectivity index (χ0v) is 9.32. The summed E-state index contributed by atoms with van der Waals surface area (Å²) in [5.74, 6) is 0. The molecule has 0 radical (unpaired) electrons. The van der Waals surface area contributed by atoms with Crippen molar-refractivity contribution < 1.29 is 9.47 Å². The molecule has 0 aromatic rings. The highest BCUT2D eigenvalue weighted by Gasteiger charge is 2.34. The predicted octanol–water partition coefficient (Wildman–Crippen LogP) is 1.32. The molecule has 0 saturated carbocycles. The van der Waals surface area contributed by atoms with Crippen LogP contribution in [0.5, 0.6) is 0 Å². The molecule has 5 atom stereocenters. The zero-order chi connectivity index (χ0) is 10.1. The summed E-state index contributed by atoms with van der Waals surface area (Å²) in [5.41, 5.74) is 0. The number of hydrogen-bond donors (Lipinski definition) is 1. The molecule has 0 spiro atoms. The van der Waals surface area contributed by atoms with Crippen molar-refractivity contribution in [3.8, 4) is 0 Å². The van der Waals surface area contributed by atoms with Gasteiger partial charge in [-0.15, -0.1) is 0 Å². The molecule has 2 fully saturated rings. The number of ether oxygens (including phenoxy) is 2. The third-order valence-electron chi connectivity index (χ3n) is 3.41. The monoisotopic (exact) mass is 199 g/mol. The molecule has 2 aliphatic rings. The number of nitrogens with one attached hydrogen (secondary N) is 1. The molecule has 0 bridgehead atoms. The Labute approximate surface area is 86.2 Å². The molecule has 0 aromatic heterocycles. The van der Waals surface area contributed by atoms with Crippen LogP contribution in [-0.4, -0.2) is 37.0 Å². The molecule has 0 amide bonds. The van der Waals surface area contributed by atoms with Gasteiger partial charge < -0.3 is 14.8 Å². The van der Waals surface area contributed by atoms with E-state index in [1.807, 2.05) is 0 Å². The van der Waals surface area contributed by atoms with Crippen LogP contribution in [-0.2, 0) is 9.47 Å². The summed E-state index contributed by atoms with van der Waals surface area (Å²) in [7, 11) is 0. The van der Waals surface area contributed by atoms with Gasteiger partial charge in [0.05, 0.1) is 24.4 Å². The van der Waals surface area contributed by atoms with E-state index in [0.717, 1.165) is 13.0 Å². The Bertz CT molecular complexity index is 198. The molecule has 82 valence electrons. The van der Waals surface area contributed by atoms with Crippen LogP contribution in [0.1, 0.15) is 33.6 Å². The topological polar surface area (TPSA) is 30.5 Å². The number of morpholine rings is 1. The largest absolute Gasteiger partial charge is 0.373 e. The molecule has 5 unspecified atom stereocenters. The van der Waals surface area contributed by atoms with E-state index in [-0.39, 0.29) is 6.10 Å². The minimum absolute atomic E-state index is 0.256. The van der Waals surface area contributed by atoms with Gasteiger partial charge in [-0.3, -0.25) is 0 Å². The molecular formula is C11H21NO2. The first-order chi connectivity index (χ1) is 6.66. The van der Waals surface area contributed by atoms with Crippen LogP contribution < -0.4 is 5.32 Å². The van der Waals surface area contributed by atoms with Crippen LogP contribution in [0.3, 0.4) is 0 Å². The molecule has 2 aliphatic heterocycles. The SMILES string of the molecule is CC1CCC(C2CNC(C)C(C)O2)O1. The van der Waals surface area contributed by atoms with Gasteiger partial charge in [-0.05, 0) is 33.6 Å². The fourth-order valence-corrected chi connectivity index (χ4v) is 2.24. The second kappa shape index (κ2) is 4.17. The predicted molar refractivity (Wildman–Crippen MR) is 55.4 cm³/mol. The van der Waals surface area contributed by atoms with Crippen molar-refractivity contribution >= 4 is 0 Å². The van der Waals surface area contributed by atoms with E-state index in [9.17, 15) is 0 Å². The van der Waals surface area contributed by atoms with Gasteiger partial charge in [0.2, 0.25) is 0 Å². The van der Waals surface area contributed by atoms with Gasteiger partial charge in [0.1, 0.15) is 0 Å². The van der Waals surface area contributed by atoms with Crippen molar-refractivity contribution in [2.24, 2.45) is 0 Å². The van der Waals surface area contributed by atoms with Crippen LogP contribution in [0.2, 0.25) is 0 Å². The molecule has 14 heavy (non-hydrogen) atoms. The van der Waals surface area contributed by atoms with Crippen molar-refractivity contribution in [1.82, 2.24) is 5.32 Å². The lowest BCUT2D eigenvalue weighted by molar-refractivity contribution is -0.117. The standard InChI is InChI=1S/C11H21NO2/c1-7-4-5-10(13-7)11-6-12-8(2)9(3)14-11/h7-12H,4-6H2,1-3H3. The van der Waals surface area contributed by atoms with E-state index < -0.39 is 0 Å². The van der Waals surface area contributed by atoms with Crippen molar-refractivity contribution in [1.29, 1.82) is 0 Å². The molecule has 1 N–H and O–H groups in total. The quantitative estimate of drug-likeness (QED) is 0.691. The zero-order valence-electron chi connectivity index (χ0n) is 9.32. The number of hydrogen-bond acceptors (Lipinski definition) is 3. The molecule has 0 aromatic carbocycles. The lowest BCUT2D eigenvalue weighted by atomic mass is 10.1. The summed E-state index contributed by atoms with van der Waals surface area (Å²) in [5, 5.41) is 3.47. The lowest BCUT2D eigenvalue weighted by Gasteiger charge is -2.36. The molecule has 2 saturated heterocycles. The van der Waals surface area contributed by atoms with Gasteiger partial charge in [-0.1, -0.05) is 0 Å². The van der Waals surface area contributed by atoms with Crippen molar-refractivity contribution in [3.05, 3.63) is 0 Å².